The van der Waals surface area contributed by atoms with E-state index in [0.29, 0.717) is 16.3 Å². The number of hydrogen-bond donors (Lipinski definition) is 1. The molecular weight excluding hydrogens is 172 g/mol. The number of rotatable bonds is 1. The van der Waals surface area contributed by atoms with Gasteiger partial charge in [0.1, 0.15) is 0 Å². The predicted molar refractivity (Wildman–Crippen MR) is 49.2 cm³/mol. The second kappa shape index (κ2) is 3.80. The Morgan fingerprint density at radius 3 is 2.75 bits per heavy atom. The molecule has 0 aliphatic rings. The first-order valence-corrected chi connectivity index (χ1v) is 3.73. The molecule has 0 saturated carbocycles. The first-order chi connectivity index (χ1) is 5.75. The number of nitrogens with two attached hydrogens (primary N) is 1. The molecule has 0 aromatic heterocycles. The van der Waals surface area contributed by atoms with Gasteiger partial charge in [-0.2, -0.15) is 5.26 Å². The van der Waals surface area contributed by atoms with Crippen molar-refractivity contribution in [2.75, 3.05) is 0 Å². The third kappa shape index (κ3) is 1.77. The van der Waals surface area contributed by atoms with Gasteiger partial charge in [-0.25, -0.2) is 0 Å². The quantitative estimate of drug-likeness (QED) is 0.670. The molecule has 12 heavy (non-hydrogen) atoms. The maximum Gasteiger partial charge on any atom is 0.0933 e. The van der Waals surface area contributed by atoms with Crippen LogP contribution in [0.4, 0.5) is 0 Å². The minimum Gasteiger partial charge on any atom is -0.398 e. The molecule has 1 rings (SSSR count). The van der Waals surface area contributed by atoms with Crippen LogP contribution in [0.15, 0.2) is 30.3 Å². The van der Waals surface area contributed by atoms with Gasteiger partial charge in [-0.15, -0.1) is 0 Å². The predicted octanol–water partition coefficient (Wildman–Crippen LogP) is 2.16. The summed E-state index contributed by atoms with van der Waals surface area (Å²) in [6.07, 6.45) is 1.27. The highest BCUT2D eigenvalue weighted by Gasteiger charge is 1.99. The molecule has 1 aromatic carbocycles. The maximum atomic E-state index is 8.34. The highest BCUT2D eigenvalue weighted by Crippen LogP contribution is 2.19. The number of nitrogens with zero attached hydrogens (tertiary/aromatic N) is 1. The number of benzene rings is 1. The lowest BCUT2D eigenvalue weighted by Gasteiger charge is -2.01. The maximum absolute atomic E-state index is 8.34. The lowest BCUT2D eigenvalue weighted by molar-refractivity contribution is 1.49. The van der Waals surface area contributed by atoms with Crippen LogP contribution in [0.2, 0.25) is 5.02 Å². The Bertz CT molecular complexity index is 350. The Morgan fingerprint density at radius 2 is 2.17 bits per heavy atom. The molecular formula is C9H7ClN2. The molecule has 0 atom stereocenters. The third-order valence-corrected chi connectivity index (χ3v) is 1.73. The van der Waals surface area contributed by atoms with Crippen molar-refractivity contribution in [3.63, 3.8) is 0 Å². The van der Waals surface area contributed by atoms with E-state index in [2.05, 4.69) is 0 Å². The Kier molecular flexibility index (Phi) is 2.73. The van der Waals surface area contributed by atoms with Crippen molar-refractivity contribution in [2.45, 2.75) is 0 Å². The summed E-state index contributed by atoms with van der Waals surface area (Å²) in [6.45, 7) is 0. The summed E-state index contributed by atoms with van der Waals surface area (Å²) in [5.74, 6) is 0. The first kappa shape index (κ1) is 8.63. The first-order valence-electron chi connectivity index (χ1n) is 3.36. The topological polar surface area (TPSA) is 49.8 Å². The molecule has 0 aliphatic carbocycles. The zero-order chi connectivity index (χ0) is 8.97. The summed E-state index contributed by atoms with van der Waals surface area (Å²) in [6, 6.07) is 8.98. The van der Waals surface area contributed by atoms with Crippen molar-refractivity contribution < 1.29 is 0 Å². The van der Waals surface area contributed by atoms with Crippen LogP contribution in [0, 0.1) is 11.3 Å². The average molecular weight is 179 g/mol. The Hall–Kier alpha value is -1.46. The van der Waals surface area contributed by atoms with Gasteiger partial charge in [0, 0.05) is 16.7 Å². The summed E-state index contributed by atoms with van der Waals surface area (Å²) in [7, 11) is 0. The molecule has 0 spiro atoms. The fraction of sp³-hybridized carbons (Fsp3) is 0. The number of halogens is 1. The van der Waals surface area contributed by atoms with E-state index in [1.54, 1.807) is 12.1 Å². The summed E-state index contributed by atoms with van der Waals surface area (Å²) in [5.41, 5.74) is 6.65. The Balaban J connectivity index is 3.13. The summed E-state index contributed by atoms with van der Waals surface area (Å²) in [5, 5.41) is 8.90. The van der Waals surface area contributed by atoms with Gasteiger partial charge in [-0.3, -0.25) is 0 Å². The molecule has 0 radical (unpaired) electrons. The van der Waals surface area contributed by atoms with Crippen LogP contribution in [0.5, 0.6) is 0 Å². The summed E-state index contributed by atoms with van der Waals surface area (Å²) < 4.78 is 0. The molecule has 0 fully saturated rings. The fourth-order valence-electron chi connectivity index (χ4n) is 0.843. The van der Waals surface area contributed by atoms with E-state index in [1.807, 2.05) is 18.2 Å². The van der Waals surface area contributed by atoms with E-state index in [4.69, 9.17) is 22.6 Å². The van der Waals surface area contributed by atoms with Gasteiger partial charge in [0.15, 0.2) is 0 Å². The van der Waals surface area contributed by atoms with Gasteiger partial charge >= 0.3 is 0 Å². The van der Waals surface area contributed by atoms with Crippen molar-refractivity contribution in [2.24, 2.45) is 5.73 Å². The average Bonchev–Trinajstić information content (AvgIpc) is 2.05. The molecule has 0 heterocycles. The number of nitriles is 1. The van der Waals surface area contributed by atoms with Gasteiger partial charge in [0.05, 0.1) is 11.8 Å². The van der Waals surface area contributed by atoms with Crippen molar-refractivity contribution in [1.82, 2.24) is 0 Å². The highest BCUT2D eigenvalue weighted by molar-refractivity contribution is 6.32. The van der Waals surface area contributed by atoms with E-state index in [-0.39, 0.29) is 0 Å². The molecule has 60 valence electrons. The Labute approximate surface area is 75.9 Å². The molecule has 0 aliphatic heterocycles. The van der Waals surface area contributed by atoms with Crippen LogP contribution < -0.4 is 5.73 Å². The van der Waals surface area contributed by atoms with Crippen molar-refractivity contribution in [3.8, 4) is 6.07 Å². The monoisotopic (exact) mass is 178 g/mol. The lowest BCUT2D eigenvalue weighted by Crippen LogP contribution is -1.95. The zero-order valence-electron chi connectivity index (χ0n) is 6.29. The number of allylic oxidation sites excluding steroid dienone is 1. The molecule has 2 nitrogen and oxygen atoms in total. The SMILES string of the molecule is N#CC=C(N)c1ccccc1Cl. The fourth-order valence-corrected chi connectivity index (χ4v) is 1.09. The van der Waals surface area contributed by atoms with Crippen LogP contribution in [0.1, 0.15) is 5.56 Å². The van der Waals surface area contributed by atoms with E-state index < -0.39 is 0 Å². The minimum absolute atomic E-state index is 0.392. The molecule has 0 bridgehead atoms. The number of hydrogen-bond acceptors (Lipinski definition) is 2. The van der Waals surface area contributed by atoms with E-state index in [1.165, 1.54) is 6.08 Å². The van der Waals surface area contributed by atoms with Gasteiger partial charge < -0.3 is 5.73 Å². The second-order valence-electron chi connectivity index (χ2n) is 2.21. The standard InChI is InChI=1S/C9H7ClN2/c10-8-4-2-1-3-7(8)9(12)5-6-11/h1-5H,12H2. The molecule has 0 unspecified atom stereocenters. The van der Waals surface area contributed by atoms with Gasteiger partial charge in [-0.1, -0.05) is 29.8 Å². The van der Waals surface area contributed by atoms with Crippen LogP contribution in [-0.4, -0.2) is 0 Å². The van der Waals surface area contributed by atoms with E-state index in [0.717, 1.165) is 0 Å². The van der Waals surface area contributed by atoms with E-state index >= 15 is 0 Å². The van der Waals surface area contributed by atoms with Crippen LogP contribution in [0.25, 0.3) is 5.70 Å². The van der Waals surface area contributed by atoms with E-state index in [9.17, 15) is 0 Å². The minimum atomic E-state index is 0.392. The molecule has 1 aromatic rings. The highest BCUT2D eigenvalue weighted by atomic mass is 35.5. The van der Waals surface area contributed by atoms with Crippen LogP contribution in [-0.2, 0) is 0 Å². The largest absolute Gasteiger partial charge is 0.398 e. The normalized spacial score (nSPS) is 10.8. The molecule has 3 heteroatoms. The molecule has 0 amide bonds. The second-order valence-corrected chi connectivity index (χ2v) is 2.62. The van der Waals surface area contributed by atoms with Crippen molar-refractivity contribution >= 4 is 17.3 Å². The Morgan fingerprint density at radius 1 is 1.50 bits per heavy atom. The molecule has 2 N–H and O–H groups in total. The zero-order valence-corrected chi connectivity index (χ0v) is 7.05. The van der Waals surface area contributed by atoms with Crippen LogP contribution in [0.3, 0.4) is 0 Å². The summed E-state index contributed by atoms with van der Waals surface area (Å²) >= 11 is 5.82. The summed E-state index contributed by atoms with van der Waals surface area (Å²) in [4.78, 5) is 0. The van der Waals surface area contributed by atoms with Gasteiger partial charge in [0.25, 0.3) is 0 Å². The van der Waals surface area contributed by atoms with Gasteiger partial charge in [-0.05, 0) is 6.07 Å². The smallest absolute Gasteiger partial charge is 0.0933 e. The van der Waals surface area contributed by atoms with Gasteiger partial charge in [0.2, 0.25) is 0 Å². The third-order valence-electron chi connectivity index (χ3n) is 1.40. The van der Waals surface area contributed by atoms with Crippen molar-refractivity contribution in [3.05, 3.63) is 40.9 Å². The van der Waals surface area contributed by atoms with Crippen LogP contribution >= 0.6 is 11.6 Å². The van der Waals surface area contributed by atoms with Crippen molar-refractivity contribution in [1.29, 1.82) is 5.26 Å². The molecule has 0 saturated heterocycles. The lowest BCUT2D eigenvalue weighted by atomic mass is 10.1.